The minimum atomic E-state index is -1.17. The number of ether oxygens (including phenoxy) is 2. The lowest BCUT2D eigenvalue weighted by Crippen LogP contribution is -2.29. The Morgan fingerprint density at radius 3 is 2.36 bits per heavy atom. The topological polar surface area (TPSA) is 77.9 Å². The second-order valence-electron chi connectivity index (χ2n) is 4.27. The van der Waals surface area contributed by atoms with Crippen molar-refractivity contribution in [1.29, 1.82) is 0 Å². The minimum absolute atomic E-state index is 0.186. The van der Waals surface area contributed by atoms with Gasteiger partial charge in [0.1, 0.15) is 0 Å². The SMILES string of the molecule is CCOC(=O)C(C=Nc1cnc(SC)cc1C)C(=O)OCC. The maximum atomic E-state index is 11.8. The lowest BCUT2D eigenvalue weighted by molar-refractivity contribution is -0.157. The molecule has 0 atom stereocenters. The second kappa shape index (κ2) is 9.19. The quantitative estimate of drug-likeness (QED) is 0.332. The molecule has 1 rings (SSSR count). The first-order valence-electron chi connectivity index (χ1n) is 6.91. The van der Waals surface area contributed by atoms with Gasteiger partial charge in [0.05, 0.1) is 30.1 Å². The summed E-state index contributed by atoms with van der Waals surface area (Å²) in [5.41, 5.74) is 1.50. The van der Waals surface area contributed by atoms with E-state index in [1.807, 2.05) is 19.2 Å². The molecule has 0 spiro atoms. The highest BCUT2D eigenvalue weighted by atomic mass is 32.2. The first kappa shape index (κ1) is 18.2. The molecule has 0 aromatic carbocycles. The molecule has 120 valence electrons. The Morgan fingerprint density at radius 2 is 1.91 bits per heavy atom. The van der Waals surface area contributed by atoms with Crippen LogP contribution in [0.25, 0.3) is 0 Å². The molecule has 0 N–H and O–H groups in total. The number of aromatic nitrogens is 1. The summed E-state index contributed by atoms with van der Waals surface area (Å²) in [4.78, 5) is 32.1. The van der Waals surface area contributed by atoms with Crippen LogP contribution in [0.5, 0.6) is 0 Å². The molecule has 22 heavy (non-hydrogen) atoms. The number of nitrogens with zero attached hydrogens (tertiary/aromatic N) is 2. The van der Waals surface area contributed by atoms with Gasteiger partial charge in [0, 0.05) is 6.21 Å². The average Bonchev–Trinajstić information content (AvgIpc) is 2.49. The Morgan fingerprint density at radius 1 is 1.32 bits per heavy atom. The van der Waals surface area contributed by atoms with Crippen LogP contribution in [0.4, 0.5) is 5.69 Å². The van der Waals surface area contributed by atoms with E-state index in [4.69, 9.17) is 9.47 Å². The van der Waals surface area contributed by atoms with Gasteiger partial charge in [-0.2, -0.15) is 0 Å². The van der Waals surface area contributed by atoms with Crippen LogP contribution in [-0.4, -0.2) is 42.6 Å². The van der Waals surface area contributed by atoms with Crippen LogP contribution >= 0.6 is 11.8 Å². The summed E-state index contributed by atoms with van der Waals surface area (Å²) in [7, 11) is 0. The molecule has 0 fully saturated rings. The van der Waals surface area contributed by atoms with Crippen molar-refractivity contribution in [2.75, 3.05) is 19.5 Å². The fraction of sp³-hybridized carbons (Fsp3) is 0.467. The van der Waals surface area contributed by atoms with Gasteiger partial charge >= 0.3 is 11.9 Å². The van der Waals surface area contributed by atoms with Crippen molar-refractivity contribution in [2.45, 2.75) is 25.8 Å². The van der Waals surface area contributed by atoms with Gasteiger partial charge in [-0.1, -0.05) is 0 Å². The highest BCUT2D eigenvalue weighted by Gasteiger charge is 2.27. The van der Waals surface area contributed by atoms with Crippen LogP contribution in [0.2, 0.25) is 0 Å². The Bertz CT molecular complexity index is 542. The van der Waals surface area contributed by atoms with Crippen LogP contribution in [0.15, 0.2) is 22.3 Å². The van der Waals surface area contributed by atoms with Crippen molar-refractivity contribution < 1.29 is 19.1 Å². The van der Waals surface area contributed by atoms with Gasteiger partial charge in [-0.3, -0.25) is 14.6 Å². The molecule has 0 radical (unpaired) electrons. The van der Waals surface area contributed by atoms with Crippen molar-refractivity contribution >= 4 is 35.6 Å². The van der Waals surface area contributed by atoms with Crippen LogP contribution in [0.3, 0.4) is 0 Å². The van der Waals surface area contributed by atoms with Crippen LogP contribution in [0, 0.1) is 12.8 Å². The summed E-state index contributed by atoms with van der Waals surface area (Å²) in [6.45, 7) is 5.61. The number of carbonyl (C=O) groups is 2. The van der Waals surface area contributed by atoms with Gasteiger partial charge in [0.2, 0.25) is 0 Å². The maximum absolute atomic E-state index is 11.8. The number of thioether (sulfide) groups is 1. The monoisotopic (exact) mass is 324 g/mol. The summed E-state index contributed by atoms with van der Waals surface area (Å²) in [6, 6.07) is 1.89. The zero-order chi connectivity index (χ0) is 16.5. The minimum Gasteiger partial charge on any atom is -0.465 e. The summed E-state index contributed by atoms with van der Waals surface area (Å²) in [5.74, 6) is -2.51. The predicted octanol–water partition coefficient (Wildman–Crippen LogP) is 2.56. The zero-order valence-corrected chi connectivity index (χ0v) is 14.0. The normalized spacial score (nSPS) is 11.0. The molecule has 0 amide bonds. The van der Waals surface area contributed by atoms with Crippen LogP contribution < -0.4 is 0 Å². The molecule has 1 aromatic heterocycles. The van der Waals surface area contributed by atoms with Crippen LogP contribution in [-0.2, 0) is 19.1 Å². The van der Waals surface area contributed by atoms with Crippen LogP contribution in [0.1, 0.15) is 19.4 Å². The van der Waals surface area contributed by atoms with Gasteiger partial charge < -0.3 is 9.47 Å². The Hall–Kier alpha value is -1.89. The standard InChI is InChI=1S/C15H20N2O4S/c1-5-20-14(18)11(15(19)21-6-2)8-16-12-9-17-13(22-4)7-10(12)3/h7-9,11H,5-6H2,1-4H3. The van der Waals surface area contributed by atoms with Gasteiger partial charge in [0.25, 0.3) is 0 Å². The number of carbonyl (C=O) groups excluding carboxylic acids is 2. The van der Waals surface area contributed by atoms with E-state index in [0.29, 0.717) is 5.69 Å². The third kappa shape index (κ3) is 5.14. The van der Waals surface area contributed by atoms with E-state index < -0.39 is 17.9 Å². The Labute approximate surface area is 134 Å². The van der Waals surface area contributed by atoms with Crippen molar-refractivity contribution in [3.63, 3.8) is 0 Å². The second-order valence-corrected chi connectivity index (χ2v) is 5.10. The summed E-state index contributed by atoms with van der Waals surface area (Å²) >= 11 is 1.53. The first-order chi connectivity index (χ1) is 10.5. The van der Waals surface area contributed by atoms with E-state index in [2.05, 4.69) is 9.98 Å². The third-order valence-electron chi connectivity index (χ3n) is 2.71. The molecule has 1 aromatic rings. The molecule has 0 saturated carbocycles. The fourth-order valence-corrected chi connectivity index (χ4v) is 2.06. The van der Waals surface area contributed by atoms with Crippen molar-refractivity contribution in [3.8, 4) is 0 Å². The number of hydrogen-bond acceptors (Lipinski definition) is 7. The molecular formula is C15H20N2O4S. The van der Waals surface area contributed by atoms with Crippen molar-refractivity contribution in [3.05, 3.63) is 17.8 Å². The molecule has 0 aliphatic heterocycles. The predicted molar refractivity (Wildman–Crippen MR) is 85.7 cm³/mol. The van der Waals surface area contributed by atoms with E-state index in [-0.39, 0.29) is 13.2 Å². The molecule has 6 nitrogen and oxygen atoms in total. The molecule has 0 aliphatic carbocycles. The number of aliphatic imine (C=N–C) groups is 1. The molecular weight excluding hydrogens is 304 g/mol. The summed E-state index contributed by atoms with van der Waals surface area (Å²) < 4.78 is 9.75. The van der Waals surface area contributed by atoms with Gasteiger partial charge in [-0.25, -0.2) is 4.98 Å². The number of rotatable bonds is 7. The fourth-order valence-electron chi connectivity index (χ4n) is 1.61. The smallest absolute Gasteiger partial charge is 0.325 e. The van der Waals surface area contributed by atoms with E-state index in [1.54, 1.807) is 20.0 Å². The number of hydrogen-bond donors (Lipinski definition) is 0. The molecule has 0 saturated heterocycles. The molecule has 1 heterocycles. The van der Waals surface area contributed by atoms with Crippen molar-refractivity contribution in [1.82, 2.24) is 4.98 Å². The molecule has 0 aliphatic rings. The number of pyridine rings is 1. The van der Waals surface area contributed by atoms with Crippen molar-refractivity contribution in [2.24, 2.45) is 10.9 Å². The summed E-state index contributed by atoms with van der Waals surface area (Å²) in [6.07, 6.45) is 4.78. The van der Waals surface area contributed by atoms with Gasteiger partial charge in [-0.05, 0) is 38.7 Å². The van der Waals surface area contributed by atoms with E-state index >= 15 is 0 Å². The molecule has 0 bridgehead atoms. The maximum Gasteiger partial charge on any atom is 0.325 e. The Balaban J connectivity index is 2.97. The van der Waals surface area contributed by atoms with E-state index in [1.165, 1.54) is 18.0 Å². The molecule has 7 heteroatoms. The third-order valence-corrected chi connectivity index (χ3v) is 3.35. The number of aryl methyl sites for hydroxylation is 1. The average molecular weight is 324 g/mol. The highest BCUT2D eigenvalue weighted by Crippen LogP contribution is 2.21. The van der Waals surface area contributed by atoms with Gasteiger partial charge in [-0.15, -0.1) is 11.8 Å². The Kier molecular flexibility index (Phi) is 7.59. The lowest BCUT2D eigenvalue weighted by atomic mass is 10.1. The highest BCUT2D eigenvalue weighted by molar-refractivity contribution is 7.98. The zero-order valence-electron chi connectivity index (χ0n) is 13.2. The van der Waals surface area contributed by atoms with E-state index in [0.717, 1.165) is 10.6 Å². The lowest BCUT2D eigenvalue weighted by Gasteiger charge is -2.10. The van der Waals surface area contributed by atoms with E-state index in [9.17, 15) is 9.59 Å². The summed E-state index contributed by atoms with van der Waals surface area (Å²) in [5, 5.41) is 0.879. The number of esters is 2. The first-order valence-corrected chi connectivity index (χ1v) is 8.14. The molecule has 0 unspecified atom stereocenters. The van der Waals surface area contributed by atoms with Gasteiger partial charge in [0.15, 0.2) is 5.92 Å². The largest absolute Gasteiger partial charge is 0.465 e.